The molecule has 0 aromatic heterocycles. The fourth-order valence-corrected chi connectivity index (χ4v) is 2.97. The topological polar surface area (TPSA) is 69.9 Å². The molecule has 1 saturated carbocycles. The summed E-state index contributed by atoms with van der Waals surface area (Å²) in [5.41, 5.74) is 2.91. The van der Waals surface area contributed by atoms with E-state index in [-0.39, 0.29) is 0 Å². The second kappa shape index (κ2) is 7.25. The molecule has 1 aliphatic rings. The van der Waals surface area contributed by atoms with E-state index in [1.54, 1.807) is 6.92 Å². The molecule has 114 valence electrons. The molecule has 2 N–H and O–H groups in total. The van der Waals surface area contributed by atoms with Crippen LogP contribution in [0.3, 0.4) is 0 Å². The van der Waals surface area contributed by atoms with E-state index in [1.165, 1.54) is 18.4 Å². The van der Waals surface area contributed by atoms with Gasteiger partial charge in [0.25, 0.3) is 0 Å². The molecule has 1 aliphatic carbocycles. The Morgan fingerprint density at radius 3 is 2.62 bits per heavy atom. The largest absolute Gasteiger partial charge is 0.481 e. The van der Waals surface area contributed by atoms with Gasteiger partial charge in [0.15, 0.2) is 0 Å². The van der Waals surface area contributed by atoms with Crippen LogP contribution in [0, 0.1) is 5.92 Å². The molecule has 0 aliphatic heterocycles. The van der Waals surface area contributed by atoms with Gasteiger partial charge in [0, 0.05) is 5.92 Å². The molecule has 1 aromatic rings. The summed E-state index contributed by atoms with van der Waals surface area (Å²) in [5.74, 6) is -0.979. The first-order chi connectivity index (χ1) is 10.1. The predicted molar refractivity (Wildman–Crippen MR) is 82.0 cm³/mol. The molecule has 0 heterocycles. The van der Waals surface area contributed by atoms with E-state index in [0.29, 0.717) is 5.92 Å². The number of rotatable bonds is 4. The van der Waals surface area contributed by atoms with Crippen LogP contribution < -0.4 is 0 Å². The summed E-state index contributed by atoms with van der Waals surface area (Å²) in [6.45, 7) is 1.69. The predicted octanol–water partition coefficient (Wildman–Crippen LogP) is 3.83. The Bertz CT molecular complexity index is 507. The standard InChI is InChI=1S/C17H23NO3/c1-12(17(19)20)14-9-7-13(8-10-14)11-15-5-3-2-4-6-16(15)18-21/h7-10,12,15,21H,2-6,11H2,1H3,(H,19,20)/b18-16-/t12-,15-/m1/s1. The SMILES string of the molecule is C[C@@H](C(=O)O)c1ccc(C[C@H]2CCCCC/C2=N/O)cc1. The maximum Gasteiger partial charge on any atom is 0.310 e. The average molecular weight is 289 g/mol. The second-order valence-corrected chi connectivity index (χ2v) is 5.89. The number of hydrogen-bond acceptors (Lipinski definition) is 3. The lowest BCUT2D eigenvalue weighted by Crippen LogP contribution is -2.16. The summed E-state index contributed by atoms with van der Waals surface area (Å²) in [4.78, 5) is 11.0. The van der Waals surface area contributed by atoms with E-state index in [0.717, 1.165) is 37.0 Å². The normalized spacial score (nSPS) is 22.7. The summed E-state index contributed by atoms with van der Waals surface area (Å²) < 4.78 is 0. The second-order valence-electron chi connectivity index (χ2n) is 5.89. The highest BCUT2D eigenvalue weighted by Gasteiger charge is 2.20. The van der Waals surface area contributed by atoms with E-state index in [1.807, 2.05) is 24.3 Å². The Balaban J connectivity index is 2.07. The molecule has 21 heavy (non-hydrogen) atoms. The van der Waals surface area contributed by atoms with Gasteiger partial charge in [-0.1, -0.05) is 42.3 Å². The summed E-state index contributed by atoms with van der Waals surface area (Å²) >= 11 is 0. The van der Waals surface area contributed by atoms with Crippen LogP contribution in [0.15, 0.2) is 29.4 Å². The minimum Gasteiger partial charge on any atom is -0.481 e. The third-order valence-electron chi connectivity index (χ3n) is 4.42. The lowest BCUT2D eigenvalue weighted by molar-refractivity contribution is -0.138. The van der Waals surface area contributed by atoms with Crippen LogP contribution in [-0.4, -0.2) is 22.0 Å². The number of carbonyl (C=O) groups is 1. The number of nitrogens with zero attached hydrogens (tertiary/aromatic N) is 1. The van der Waals surface area contributed by atoms with Gasteiger partial charge in [0.05, 0.1) is 11.6 Å². The van der Waals surface area contributed by atoms with Crippen LogP contribution >= 0.6 is 0 Å². The maximum atomic E-state index is 11.0. The molecule has 1 fully saturated rings. The molecule has 2 rings (SSSR count). The van der Waals surface area contributed by atoms with Gasteiger partial charge in [-0.25, -0.2) is 0 Å². The minimum atomic E-state index is -0.804. The smallest absolute Gasteiger partial charge is 0.310 e. The molecule has 0 radical (unpaired) electrons. The Kier molecular flexibility index (Phi) is 5.37. The number of aliphatic carboxylic acids is 1. The van der Waals surface area contributed by atoms with Crippen molar-refractivity contribution in [2.75, 3.05) is 0 Å². The maximum absolute atomic E-state index is 11.0. The fourth-order valence-electron chi connectivity index (χ4n) is 2.97. The molecule has 0 saturated heterocycles. The van der Waals surface area contributed by atoms with Crippen molar-refractivity contribution in [1.82, 2.24) is 0 Å². The summed E-state index contributed by atoms with van der Waals surface area (Å²) in [6.07, 6.45) is 6.29. The number of benzene rings is 1. The molecule has 0 spiro atoms. The highest BCUT2D eigenvalue weighted by atomic mass is 16.4. The number of carboxylic acids is 1. The van der Waals surface area contributed by atoms with Crippen LogP contribution in [0.25, 0.3) is 0 Å². The first-order valence-electron chi connectivity index (χ1n) is 7.64. The first kappa shape index (κ1) is 15.5. The quantitative estimate of drug-likeness (QED) is 0.503. The highest BCUT2D eigenvalue weighted by Crippen LogP contribution is 2.25. The molecule has 0 amide bonds. The minimum absolute atomic E-state index is 0.306. The zero-order valence-electron chi connectivity index (χ0n) is 12.5. The molecule has 4 nitrogen and oxygen atoms in total. The molecule has 0 unspecified atom stereocenters. The van der Waals surface area contributed by atoms with Crippen molar-refractivity contribution in [2.45, 2.75) is 51.4 Å². The van der Waals surface area contributed by atoms with E-state index >= 15 is 0 Å². The van der Waals surface area contributed by atoms with Gasteiger partial charge >= 0.3 is 5.97 Å². The van der Waals surface area contributed by atoms with Gasteiger partial charge < -0.3 is 10.3 Å². The molecule has 4 heteroatoms. The van der Waals surface area contributed by atoms with E-state index in [4.69, 9.17) is 10.3 Å². The van der Waals surface area contributed by atoms with Crippen molar-refractivity contribution in [1.29, 1.82) is 0 Å². The van der Waals surface area contributed by atoms with E-state index in [2.05, 4.69) is 5.16 Å². The van der Waals surface area contributed by atoms with Gasteiger partial charge in [-0.05, 0) is 43.7 Å². The fraction of sp³-hybridized carbons (Fsp3) is 0.529. The van der Waals surface area contributed by atoms with Crippen molar-refractivity contribution < 1.29 is 15.1 Å². The molecular formula is C17H23NO3. The molecular weight excluding hydrogens is 266 g/mol. The molecule has 2 atom stereocenters. The third-order valence-corrected chi connectivity index (χ3v) is 4.42. The van der Waals surface area contributed by atoms with Gasteiger partial charge in [0.1, 0.15) is 0 Å². The zero-order chi connectivity index (χ0) is 15.2. The van der Waals surface area contributed by atoms with E-state index < -0.39 is 11.9 Å². The van der Waals surface area contributed by atoms with Crippen molar-refractivity contribution in [2.24, 2.45) is 11.1 Å². The molecule has 1 aromatic carbocycles. The number of carboxylic acid groups (broad SMARTS) is 1. The van der Waals surface area contributed by atoms with Crippen molar-refractivity contribution >= 4 is 11.7 Å². The average Bonchev–Trinajstić information content (AvgIpc) is 2.72. The van der Waals surface area contributed by atoms with Gasteiger partial charge in [-0.3, -0.25) is 4.79 Å². The lowest BCUT2D eigenvalue weighted by atomic mass is 9.90. The van der Waals surface area contributed by atoms with Crippen LogP contribution in [0.4, 0.5) is 0 Å². The van der Waals surface area contributed by atoms with Crippen LogP contribution in [0.1, 0.15) is 56.1 Å². The van der Waals surface area contributed by atoms with E-state index in [9.17, 15) is 4.79 Å². The Labute approximate surface area is 125 Å². The van der Waals surface area contributed by atoms with Crippen molar-refractivity contribution in [3.8, 4) is 0 Å². The Morgan fingerprint density at radius 1 is 1.29 bits per heavy atom. The number of oxime groups is 1. The van der Waals surface area contributed by atoms with Crippen LogP contribution in [-0.2, 0) is 11.2 Å². The van der Waals surface area contributed by atoms with Gasteiger partial charge in [-0.2, -0.15) is 0 Å². The van der Waals surface area contributed by atoms with Crippen molar-refractivity contribution in [3.05, 3.63) is 35.4 Å². The molecule has 0 bridgehead atoms. The summed E-state index contributed by atoms with van der Waals surface area (Å²) in [6, 6.07) is 7.77. The number of hydrogen-bond donors (Lipinski definition) is 2. The monoisotopic (exact) mass is 289 g/mol. The Hall–Kier alpha value is -1.84. The zero-order valence-corrected chi connectivity index (χ0v) is 12.5. The van der Waals surface area contributed by atoms with Crippen LogP contribution in [0.5, 0.6) is 0 Å². The summed E-state index contributed by atoms with van der Waals surface area (Å²) in [7, 11) is 0. The van der Waals surface area contributed by atoms with Gasteiger partial charge in [0.2, 0.25) is 0 Å². The van der Waals surface area contributed by atoms with Crippen molar-refractivity contribution in [3.63, 3.8) is 0 Å². The van der Waals surface area contributed by atoms with Gasteiger partial charge in [-0.15, -0.1) is 0 Å². The Morgan fingerprint density at radius 2 is 2.00 bits per heavy atom. The van der Waals surface area contributed by atoms with Crippen LogP contribution in [0.2, 0.25) is 0 Å². The first-order valence-corrected chi connectivity index (χ1v) is 7.64. The lowest BCUT2D eigenvalue weighted by Gasteiger charge is -2.16. The third kappa shape index (κ3) is 4.06. The highest BCUT2D eigenvalue weighted by molar-refractivity contribution is 5.86. The summed E-state index contributed by atoms with van der Waals surface area (Å²) in [5, 5.41) is 21.7.